The lowest BCUT2D eigenvalue weighted by molar-refractivity contribution is -0.144. The smallest absolute Gasteiger partial charge is 0.239 e. The molecule has 4 heteroatoms. The summed E-state index contributed by atoms with van der Waals surface area (Å²) in [4.78, 5) is 13.8. The van der Waals surface area contributed by atoms with Crippen molar-refractivity contribution >= 4 is 5.91 Å². The molecule has 2 fully saturated rings. The van der Waals surface area contributed by atoms with Gasteiger partial charge in [0.1, 0.15) is 0 Å². The monoisotopic (exact) mass is 268 g/mol. The van der Waals surface area contributed by atoms with Crippen LogP contribution in [0, 0.1) is 5.41 Å². The normalized spacial score (nSPS) is 33.6. The zero-order valence-corrected chi connectivity index (χ0v) is 12.7. The van der Waals surface area contributed by atoms with Crippen molar-refractivity contribution < 1.29 is 9.53 Å². The van der Waals surface area contributed by atoms with E-state index in [4.69, 9.17) is 4.74 Å². The van der Waals surface area contributed by atoms with Crippen LogP contribution in [0.4, 0.5) is 0 Å². The Morgan fingerprint density at radius 3 is 2.53 bits per heavy atom. The third kappa shape index (κ3) is 2.40. The molecule has 1 heterocycles. The van der Waals surface area contributed by atoms with Gasteiger partial charge in [-0.15, -0.1) is 0 Å². The first-order valence-electron chi connectivity index (χ1n) is 7.71. The number of hydrogen-bond donors (Lipinski definition) is 1. The molecule has 2 aliphatic rings. The van der Waals surface area contributed by atoms with E-state index >= 15 is 0 Å². The number of hydrogen-bond acceptors (Lipinski definition) is 3. The van der Waals surface area contributed by atoms with E-state index in [1.165, 1.54) is 0 Å². The fourth-order valence-electron chi connectivity index (χ4n) is 3.83. The number of amides is 1. The molecular formula is C15H28N2O2. The second-order valence-corrected chi connectivity index (χ2v) is 5.94. The SMILES string of the molecule is CCO[C@@H]1C[C@@H](N[C@H]2CCN(C)C2=O)C1(CC)CC. The zero-order chi connectivity index (χ0) is 14.0. The molecular weight excluding hydrogens is 240 g/mol. The molecule has 19 heavy (non-hydrogen) atoms. The van der Waals surface area contributed by atoms with E-state index in [-0.39, 0.29) is 17.4 Å². The van der Waals surface area contributed by atoms with Crippen molar-refractivity contribution in [3.05, 3.63) is 0 Å². The summed E-state index contributed by atoms with van der Waals surface area (Å²) < 4.78 is 5.88. The molecule has 0 aromatic rings. The maximum atomic E-state index is 12.0. The molecule has 1 N–H and O–H groups in total. The van der Waals surface area contributed by atoms with Crippen LogP contribution in [0.15, 0.2) is 0 Å². The van der Waals surface area contributed by atoms with Gasteiger partial charge in [0.05, 0.1) is 12.1 Å². The van der Waals surface area contributed by atoms with Gasteiger partial charge in [-0.3, -0.25) is 4.79 Å². The van der Waals surface area contributed by atoms with Gasteiger partial charge >= 0.3 is 0 Å². The Morgan fingerprint density at radius 2 is 2.05 bits per heavy atom. The summed E-state index contributed by atoms with van der Waals surface area (Å²) in [7, 11) is 1.89. The van der Waals surface area contributed by atoms with Gasteiger partial charge in [-0.2, -0.15) is 0 Å². The maximum absolute atomic E-state index is 12.0. The van der Waals surface area contributed by atoms with Crippen molar-refractivity contribution in [3.63, 3.8) is 0 Å². The molecule has 0 spiro atoms. The number of nitrogens with zero attached hydrogens (tertiary/aromatic N) is 1. The Bertz CT molecular complexity index is 328. The molecule has 3 atom stereocenters. The van der Waals surface area contributed by atoms with Crippen molar-refractivity contribution in [2.75, 3.05) is 20.2 Å². The van der Waals surface area contributed by atoms with Crippen LogP contribution in [0.1, 0.15) is 46.5 Å². The van der Waals surface area contributed by atoms with Crippen LogP contribution in [-0.4, -0.2) is 49.2 Å². The highest BCUT2D eigenvalue weighted by Gasteiger charge is 2.54. The van der Waals surface area contributed by atoms with Gasteiger partial charge in [0.25, 0.3) is 0 Å². The fourth-order valence-corrected chi connectivity index (χ4v) is 3.83. The first-order valence-corrected chi connectivity index (χ1v) is 7.71. The topological polar surface area (TPSA) is 41.6 Å². The van der Waals surface area contributed by atoms with Crippen molar-refractivity contribution in [2.45, 2.75) is 64.6 Å². The summed E-state index contributed by atoms with van der Waals surface area (Å²) in [6, 6.07) is 0.453. The number of carbonyl (C=O) groups excluding carboxylic acids is 1. The van der Waals surface area contributed by atoms with Gasteiger partial charge in [0.2, 0.25) is 5.91 Å². The van der Waals surface area contributed by atoms with Crippen LogP contribution >= 0.6 is 0 Å². The summed E-state index contributed by atoms with van der Waals surface area (Å²) in [5.41, 5.74) is 0.220. The molecule has 0 unspecified atom stereocenters. The van der Waals surface area contributed by atoms with Crippen LogP contribution < -0.4 is 5.32 Å². The van der Waals surface area contributed by atoms with E-state index in [1.807, 2.05) is 11.9 Å². The molecule has 0 aromatic carbocycles. The van der Waals surface area contributed by atoms with E-state index in [2.05, 4.69) is 26.1 Å². The minimum atomic E-state index is 0.0232. The number of nitrogens with one attached hydrogen (secondary N) is 1. The average Bonchev–Trinajstić information content (AvgIpc) is 2.71. The molecule has 1 saturated heterocycles. The van der Waals surface area contributed by atoms with E-state index in [0.717, 1.165) is 38.8 Å². The standard InChI is InChI=1S/C15H28N2O2/c1-5-15(6-2)12(10-13(15)19-7-3)16-11-8-9-17(4)14(11)18/h11-13,16H,5-10H2,1-4H3/t11-,12+,13+/m0/s1. The summed E-state index contributed by atoms with van der Waals surface area (Å²) >= 11 is 0. The average molecular weight is 268 g/mol. The highest BCUT2D eigenvalue weighted by molar-refractivity contribution is 5.83. The van der Waals surface area contributed by atoms with Gasteiger partial charge in [0.15, 0.2) is 0 Å². The third-order valence-corrected chi connectivity index (χ3v) is 5.30. The lowest BCUT2D eigenvalue weighted by Gasteiger charge is -2.56. The minimum absolute atomic E-state index is 0.0232. The summed E-state index contributed by atoms with van der Waals surface area (Å²) in [6.45, 7) is 8.21. The van der Waals surface area contributed by atoms with Crippen LogP contribution in [0.3, 0.4) is 0 Å². The van der Waals surface area contributed by atoms with Crippen molar-refractivity contribution in [1.82, 2.24) is 10.2 Å². The van der Waals surface area contributed by atoms with Gasteiger partial charge in [-0.05, 0) is 32.6 Å². The number of likely N-dealkylation sites (tertiary alicyclic amines) is 1. The first kappa shape index (κ1) is 14.8. The van der Waals surface area contributed by atoms with Gasteiger partial charge in [0, 0.05) is 31.7 Å². The van der Waals surface area contributed by atoms with E-state index in [0.29, 0.717) is 12.1 Å². The van der Waals surface area contributed by atoms with E-state index in [9.17, 15) is 4.79 Å². The third-order valence-electron chi connectivity index (χ3n) is 5.30. The second kappa shape index (κ2) is 5.80. The van der Waals surface area contributed by atoms with Gasteiger partial charge in [-0.25, -0.2) is 0 Å². The van der Waals surface area contributed by atoms with Crippen LogP contribution in [0.2, 0.25) is 0 Å². The first-order chi connectivity index (χ1) is 9.08. The van der Waals surface area contributed by atoms with Crippen molar-refractivity contribution in [2.24, 2.45) is 5.41 Å². The fraction of sp³-hybridized carbons (Fsp3) is 0.933. The Morgan fingerprint density at radius 1 is 1.37 bits per heavy atom. The quantitative estimate of drug-likeness (QED) is 0.798. The maximum Gasteiger partial charge on any atom is 0.239 e. The molecule has 0 aromatic heterocycles. The number of likely N-dealkylation sites (N-methyl/N-ethyl adjacent to an activating group) is 1. The number of rotatable bonds is 6. The summed E-state index contributed by atoms with van der Waals surface area (Å²) in [5.74, 6) is 0.251. The van der Waals surface area contributed by atoms with Gasteiger partial charge in [-0.1, -0.05) is 13.8 Å². The Kier molecular flexibility index (Phi) is 4.51. The van der Waals surface area contributed by atoms with Crippen LogP contribution in [-0.2, 0) is 9.53 Å². The lowest BCUT2D eigenvalue weighted by atomic mass is 9.58. The molecule has 1 saturated carbocycles. The molecule has 2 rings (SSSR count). The summed E-state index contributed by atoms with van der Waals surface area (Å²) in [6.07, 6.45) is 4.57. The molecule has 1 aliphatic carbocycles. The molecule has 0 bridgehead atoms. The molecule has 1 aliphatic heterocycles. The van der Waals surface area contributed by atoms with Crippen molar-refractivity contribution in [1.29, 1.82) is 0 Å². The Balaban J connectivity index is 1.99. The Labute approximate surface area is 116 Å². The largest absolute Gasteiger partial charge is 0.378 e. The zero-order valence-electron chi connectivity index (χ0n) is 12.7. The van der Waals surface area contributed by atoms with E-state index < -0.39 is 0 Å². The van der Waals surface area contributed by atoms with Gasteiger partial charge < -0.3 is 15.0 Å². The molecule has 1 amide bonds. The highest BCUT2D eigenvalue weighted by Crippen LogP contribution is 2.49. The Hall–Kier alpha value is -0.610. The minimum Gasteiger partial charge on any atom is -0.378 e. The molecule has 0 radical (unpaired) electrons. The number of carbonyl (C=O) groups is 1. The summed E-state index contributed by atoms with van der Waals surface area (Å²) in [5, 5.41) is 3.61. The van der Waals surface area contributed by atoms with Crippen LogP contribution in [0.25, 0.3) is 0 Å². The van der Waals surface area contributed by atoms with Crippen LogP contribution in [0.5, 0.6) is 0 Å². The predicted octanol–water partition coefficient (Wildman–Crippen LogP) is 1.79. The highest BCUT2D eigenvalue weighted by atomic mass is 16.5. The predicted molar refractivity (Wildman–Crippen MR) is 76.0 cm³/mol. The number of ether oxygens (including phenoxy) is 1. The van der Waals surface area contributed by atoms with E-state index in [1.54, 1.807) is 0 Å². The molecule has 110 valence electrons. The second-order valence-electron chi connectivity index (χ2n) is 5.94. The molecule has 4 nitrogen and oxygen atoms in total. The van der Waals surface area contributed by atoms with Crippen molar-refractivity contribution in [3.8, 4) is 0 Å². The lowest BCUT2D eigenvalue weighted by Crippen LogP contribution is -2.65.